The molecule has 0 aromatic carbocycles. The molecule has 2 N–H and O–H groups in total. The molecule has 100 valence electrons. The molecule has 0 spiro atoms. The lowest BCUT2D eigenvalue weighted by Crippen LogP contribution is -2.31. The van der Waals surface area contributed by atoms with Gasteiger partial charge >= 0.3 is 11.9 Å². The van der Waals surface area contributed by atoms with Gasteiger partial charge in [0, 0.05) is 19.3 Å². The van der Waals surface area contributed by atoms with Crippen LogP contribution in [0.15, 0.2) is 0 Å². The molecule has 17 heavy (non-hydrogen) atoms. The Morgan fingerprint density at radius 3 is 2.24 bits per heavy atom. The largest absolute Gasteiger partial charge is 0.481 e. The Balaban J connectivity index is 3.81. The molecular formula is C12H22O5. The molecule has 0 aliphatic carbocycles. The first kappa shape index (κ1) is 15.9. The van der Waals surface area contributed by atoms with Crippen LogP contribution in [0.3, 0.4) is 0 Å². The van der Waals surface area contributed by atoms with Gasteiger partial charge in [-0.3, -0.25) is 9.59 Å². The summed E-state index contributed by atoms with van der Waals surface area (Å²) in [4.78, 5) is 21.7. The Hall–Kier alpha value is -1.10. The molecule has 0 saturated carbocycles. The number of aliphatic hydroxyl groups is 1. The van der Waals surface area contributed by atoms with E-state index in [0.717, 1.165) is 0 Å². The predicted octanol–water partition coefficient (Wildman–Crippen LogP) is 1.72. The van der Waals surface area contributed by atoms with Crippen molar-refractivity contribution in [1.82, 2.24) is 0 Å². The lowest BCUT2D eigenvalue weighted by molar-refractivity contribution is -0.159. The molecule has 5 nitrogen and oxygen atoms in total. The van der Waals surface area contributed by atoms with E-state index in [4.69, 9.17) is 9.84 Å². The van der Waals surface area contributed by atoms with E-state index in [1.807, 2.05) is 0 Å². The number of hydrogen-bond acceptors (Lipinski definition) is 4. The van der Waals surface area contributed by atoms with Gasteiger partial charge in [-0.1, -0.05) is 0 Å². The van der Waals surface area contributed by atoms with Gasteiger partial charge in [0.1, 0.15) is 5.60 Å². The summed E-state index contributed by atoms with van der Waals surface area (Å²) in [6, 6.07) is 0. The van der Waals surface area contributed by atoms with Gasteiger partial charge in [0.2, 0.25) is 0 Å². The minimum Gasteiger partial charge on any atom is -0.481 e. The molecule has 0 saturated heterocycles. The molecule has 0 bridgehead atoms. The molecule has 0 radical (unpaired) electrons. The number of rotatable bonds is 8. The maximum absolute atomic E-state index is 11.4. The first-order valence-corrected chi connectivity index (χ1v) is 5.84. The second-order valence-corrected chi connectivity index (χ2v) is 4.89. The summed E-state index contributed by atoms with van der Waals surface area (Å²) in [7, 11) is 0. The highest BCUT2D eigenvalue weighted by molar-refractivity contribution is 5.70. The number of unbranched alkanes of at least 4 members (excludes halogenated alkanes) is 1. The van der Waals surface area contributed by atoms with Crippen molar-refractivity contribution in [1.29, 1.82) is 0 Å². The van der Waals surface area contributed by atoms with Crippen molar-refractivity contribution in [3.05, 3.63) is 0 Å². The van der Waals surface area contributed by atoms with Gasteiger partial charge in [-0.25, -0.2) is 0 Å². The van der Waals surface area contributed by atoms with E-state index in [2.05, 4.69) is 0 Å². The SMILES string of the molecule is CC(O)CC(C)(C)OC(=O)CCCCC(=O)O. The lowest BCUT2D eigenvalue weighted by Gasteiger charge is -2.26. The summed E-state index contributed by atoms with van der Waals surface area (Å²) < 4.78 is 5.21. The Labute approximate surface area is 102 Å². The summed E-state index contributed by atoms with van der Waals surface area (Å²) in [6.45, 7) is 5.13. The maximum Gasteiger partial charge on any atom is 0.306 e. The number of carboxylic acids is 1. The minimum absolute atomic E-state index is 0.0738. The van der Waals surface area contributed by atoms with Crippen LogP contribution in [0, 0.1) is 0 Å². The zero-order valence-electron chi connectivity index (χ0n) is 10.7. The van der Waals surface area contributed by atoms with Crippen LogP contribution < -0.4 is 0 Å². The smallest absolute Gasteiger partial charge is 0.306 e. The van der Waals surface area contributed by atoms with Crippen LogP contribution in [0.25, 0.3) is 0 Å². The summed E-state index contributed by atoms with van der Waals surface area (Å²) >= 11 is 0. The van der Waals surface area contributed by atoms with E-state index in [1.54, 1.807) is 20.8 Å². The number of aliphatic carboxylic acids is 1. The first-order chi connectivity index (χ1) is 7.73. The van der Waals surface area contributed by atoms with E-state index in [-0.39, 0.29) is 18.8 Å². The van der Waals surface area contributed by atoms with E-state index in [9.17, 15) is 14.7 Å². The average molecular weight is 246 g/mol. The number of aliphatic hydroxyl groups excluding tert-OH is 1. The molecule has 0 fully saturated rings. The molecule has 0 aliphatic heterocycles. The number of carbonyl (C=O) groups excluding carboxylic acids is 1. The Morgan fingerprint density at radius 1 is 1.24 bits per heavy atom. The van der Waals surface area contributed by atoms with E-state index >= 15 is 0 Å². The highest BCUT2D eigenvalue weighted by atomic mass is 16.6. The highest BCUT2D eigenvalue weighted by Gasteiger charge is 2.24. The minimum atomic E-state index is -0.854. The second-order valence-electron chi connectivity index (χ2n) is 4.89. The quantitative estimate of drug-likeness (QED) is 0.503. The predicted molar refractivity (Wildman–Crippen MR) is 62.6 cm³/mol. The van der Waals surface area contributed by atoms with Crippen molar-refractivity contribution in [2.75, 3.05) is 0 Å². The Kier molecular flexibility index (Phi) is 6.80. The normalized spacial score (nSPS) is 13.2. The maximum atomic E-state index is 11.4. The molecule has 1 atom stereocenters. The van der Waals surface area contributed by atoms with Gasteiger partial charge in [0.05, 0.1) is 6.10 Å². The molecule has 1 unspecified atom stereocenters. The highest BCUT2D eigenvalue weighted by Crippen LogP contribution is 2.18. The van der Waals surface area contributed by atoms with E-state index in [0.29, 0.717) is 19.3 Å². The molecular weight excluding hydrogens is 224 g/mol. The Bertz CT molecular complexity index is 258. The fraction of sp³-hybridized carbons (Fsp3) is 0.833. The zero-order valence-corrected chi connectivity index (χ0v) is 10.7. The Morgan fingerprint density at radius 2 is 1.76 bits per heavy atom. The third-order valence-corrected chi connectivity index (χ3v) is 2.20. The topological polar surface area (TPSA) is 83.8 Å². The fourth-order valence-corrected chi connectivity index (χ4v) is 1.66. The standard InChI is InChI=1S/C12H22O5/c1-9(13)8-12(2,3)17-11(16)7-5-4-6-10(14)15/h9,13H,4-8H2,1-3H3,(H,14,15). The third-order valence-electron chi connectivity index (χ3n) is 2.20. The fourth-order valence-electron chi connectivity index (χ4n) is 1.66. The number of carbonyl (C=O) groups is 2. The number of carboxylic acid groups (broad SMARTS) is 1. The summed E-state index contributed by atoms with van der Waals surface area (Å²) in [6.07, 6.45) is 1.14. The molecule has 0 heterocycles. The van der Waals surface area contributed by atoms with Gasteiger partial charge in [-0.05, 0) is 33.6 Å². The van der Waals surface area contributed by atoms with E-state index < -0.39 is 17.7 Å². The molecule has 5 heteroatoms. The van der Waals surface area contributed by atoms with Crippen molar-refractivity contribution in [2.45, 2.75) is 64.6 Å². The molecule has 0 amide bonds. The van der Waals surface area contributed by atoms with Gasteiger partial charge in [0.15, 0.2) is 0 Å². The van der Waals surface area contributed by atoms with Crippen LogP contribution in [0.1, 0.15) is 52.9 Å². The third kappa shape index (κ3) is 9.81. The van der Waals surface area contributed by atoms with Crippen LogP contribution in [0.2, 0.25) is 0 Å². The zero-order chi connectivity index (χ0) is 13.5. The van der Waals surface area contributed by atoms with Crippen molar-refractivity contribution in [3.63, 3.8) is 0 Å². The van der Waals surface area contributed by atoms with Crippen LogP contribution in [-0.4, -0.2) is 33.9 Å². The van der Waals surface area contributed by atoms with E-state index in [1.165, 1.54) is 0 Å². The van der Waals surface area contributed by atoms with Crippen molar-refractivity contribution >= 4 is 11.9 Å². The summed E-state index contributed by atoms with van der Waals surface area (Å²) in [5.74, 6) is -1.20. The number of ether oxygens (including phenoxy) is 1. The average Bonchev–Trinajstić information content (AvgIpc) is 2.08. The van der Waals surface area contributed by atoms with Gasteiger partial charge in [-0.2, -0.15) is 0 Å². The summed E-state index contributed by atoms with van der Waals surface area (Å²) in [5.41, 5.74) is -0.682. The van der Waals surface area contributed by atoms with Crippen molar-refractivity contribution in [3.8, 4) is 0 Å². The molecule has 0 rings (SSSR count). The first-order valence-electron chi connectivity index (χ1n) is 5.84. The van der Waals surface area contributed by atoms with Gasteiger partial charge in [0.25, 0.3) is 0 Å². The molecule has 0 aromatic heterocycles. The van der Waals surface area contributed by atoms with Crippen molar-refractivity contribution < 1.29 is 24.5 Å². The molecule has 0 aromatic rings. The van der Waals surface area contributed by atoms with Crippen LogP contribution in [-0.2, 0) is 14.3 Å². The number of hydrogen-bond donors (Lipinski definition) is 2. The van der Waals surface area contributed by atoms with Gasteiger partial charge < -0.3 is 14.9 Å². The number of esters is 1. The van der Waals surface area contributed by atoms with Crippen LogP contribution in [0.4, 0.5) is 0 Å². The summed E-state index contributed by atoms with van der Waals surface area (Å²) in [5, 5.41) is 17.6. The lowest BCUT2D eigenvalue weighted by atomic mass is 10.0. The molecule has 0 aliphatic rings. The van der Waals surface area contributed by atoms with Gasteiger partial charge in [-0.15, -0.1) is 0 Å². The van der Waals surface area contributed by atoms with Crippen molar-refractivity contribution in [2.24, 2.45) is 0 Å². The monoisotopic (exact) mass is 246 g/mol. The second kappa shape index (κ2) is 7.27. The van der Waals surface area contributed by atoms with Crippen LogP contribution in [0.5, 0.6) is 0 Å². The van der Waals surface area contributed by atoms with Crippen LogP contribution >= 0.6 is 0 Å².